The van der Waals surface area contributed by atoms with Gasteiger partial charge in [-0.3, -0.25) is 9.59 Å². The van der Waals surface area contributed by atoms with Gasteiger partial charge in [-0.1, -0.05) is 103 Å². The average molecular weight is 738 g/mol. The SMILES string of the molecule is O=C1c2c(-c3ccc(N4c5ccccc5Oc5ccccc54)cc3)ccc(-c3ccc(N4c5ccccc5Oc5ccccc54)cc3)c2C(=O)N1c1ccccc1. The molecule has 0 aliphatic carbocycles. The van der Waals surface area contributed by atoms with Crippen LogP contribution in [-0.4, -0.2) is 11.8 Å². The highest BCUT2D eigenvalue weighted by atomic mass is 16.5. The van der Waals surface area contributed by atoms with E-state index in [1.54, 1.807) is 12.1 Å². The molecule has 0 bridgehead atoms. The second-order valence-electron chi connectivity index (χ2n) is 14.0. The van der Waals surface area contributed by atoms with Crippen LogP contribution in [0.3, 0.4) is 0 Å². The second kappa shape index (κ2) is 12.9. The van der Waals surface area contributed by atoms with Crippen LogP contribution >= 0.6 is 0 Å². The van der Waals surface area contributed by atoms with Crippen LogP contribution in [0.5, 0.6) is 23.0 Å². The van der Waals surface area contributed by atoms with E-state index >= 15 is 0 Å². The molecule has 0 saturated heterocycles. The van der Waals surface area contributed by atoms with Gasteiger partial charge in [0, 0.05) is 11.4 Å². The molecule has 7 heteroatoms. The largest absolute Gasteiger partial charge is 0.453 e. The second-order valence-corrected chi connectivity index (χ2v) is 14.0. The zero-order chi connectivity index (χ0) is 38.0. The number of carbonyl (C=O) groups excluding carboxylic acids is 2. The van der Waals surface area contributed by atoms with Gasteiger partial charge in [-0.05, 0) is 107 Å². The normalized spacial score (nSPS) is 13.5. The summed E-state index contributed by atoms with van der Waals surface area (Å²) in [5.41, 5.74) is 9.94. The number of rotatable bonds is 5. The summed E-state index contributed by atoms with van der Waals surface area (Å²) in [6, 6.07) is 61.2. The minimum atomic E-state index is -0.351. The van der Waals surface area contributed by atoms with Gasteiger partial charge in [-0.2, -0.15) is 0 Å². The van der Waals surface area contributed by atoms with Crippen LogP contribution in [0.15, 0.2) is 188 Å². The summed E-state index contributed by atoms with van der Waals surface area (Å²) < 4.78 is 12.5. The maximum atomic E-state index is 14.5. The van der Waals surface area contributed by atoms with Gasteiger partial charge in [0.1, 0.15) is 0 Å². The van der Waals surface area contributed by atoms with Crippen molar-refractivity contribution >= 4 is 51.6 Å². The van der Waals surface area contributed by atoms with Crippen LogP contribution in [0.1, 0.15) is 20.7 Å². The maximum absolute atomic E-state index is 14.5. The van der Waals surface area contributed by atoms with E-state index in [0.29, 0.717) is 27.9 Å². The molecule has 0 N–H and O–H groups in total. The molecule has 3 heterocycles. The number of benzene rings is 8. The molecule has 0 unspecified atom stereocenters. The molecule has 7 nitrogen and oxygen atoms in total. The molecular formula is C50H31N3O4. The molecular weight excluding hydrogens is 707 g/mol. The monoisotopic (exact) mass is 737 g/mol. The van der Waals surface area contributed by atoms with E-state index in [9.17, 15) is 9.59 Å². The fraction of sp³-hybridized carbons (Fsp3) is 0. The number of fused-ring (bicyclic) bond motifs is 5. The molecule has 3 aliphatic heterocycles. The number of ether oxygens (including phenoxy) is 2. The Morgan fingerprint density at radius 1 is 0.298 bits per heavy atom. The standard InChI is InChI=1S/C50H31N3O4/c54-49-47-37(32-22-26-35(27-23-32)51-39-14-4-8-18-43(39)56-44-19-9-5-15-40(44)51)30-31-38(48(47)50(55)53(49)34-12-2-1-3-13-34)33-24-28-36(29-25-33)52-41-16-6-10-20-45(41)57-46-21-11-7-17-42(46)52/h1-31H. The third-order valence-electron chi connectivity index (χ3n) is 10.8. The van der Waals surface area contributed by atoms with E-state index in [-0.39, 0.29) is 11.8 Å². The average Bonchev–Trinajstić information content (AvgIpc) is 3.54. The fourth-order valence-electron chi connectivity index (χ4n) is 8.20. The minimum Gasteiger partial charge on any atom is -0.453 e. The first kappa shape index (κ1) is 32.5. The lowest BCUT2D eigenvalue weighted by Crippen LogP contribution is -2.29. The predicted octanol–water partition coefficient (Wildman–Crippen LogP) is 13.0. The minimum absolute atomic E-state index is 0.351. The Morgan fingerprint density at radius 3 is 0.982 bits per heavy atom. The Morgan fingerprint density at radius 2 is 0.614 bits per heavy atom. The van der Waals surface area contributed by atoms with Gasteiger partial charge >= 0.3 is 0 Å². The summed E-state index contributed by atoms with van der Waals surface area (Å²) >= 11 is 0. The van der Waals surface area contributed by atoms with Gasteiger partial charge in [-0.25, -0.2) is 4.90 Å². The molecule has 11 rings (SSSR count). The number of hydrogen-bond acceptors (Lipinski definition) is 6. The lowest BCUT2D eigenvalue weighted by molar-refractivity contribution is 0.0926. The molecule has 8 aromatic rings. The van der Waals surface area contributed by atoms with Crippen LogP contribution in [-0.2, 0) is 0 Å². The topological polar surface area (TPSA) is 62.3 Å². The van der Waals surface area contributed by atoms with Crippen molar-refractivity contribution in [2.75, 3.05) is 14.7 Å². The number of carbonyl (C=O) groups is 2. The zero-order valence-electron chi connectivity index (χ0n) is 30.4. The Bertz CT molecular complexity index is 2640. The highest BCUT2D eigenvalue weighted by molar-refractivity contribution is 6.37. The molecule has 0 saturated carbocycles. The van der Waals surface area contributed by atoms with E-state index in [4.69, 9.17) is 9.47 Å². The Balaban J connectivity index is 1.01. The predicted molar refractivity (Wildman–Crippen MR) is 224 cm³/mol. The highest BCUT2D eigenvalue weighted by Crippen LogP contribution is 2.52. The van der Waals surface area contributed by atoms with E-state index in [1.807, 2.05) is 176 Å². The number of amides is 2. The number of hydrogen-bond donors (Lipinski definition) is 0. The molecule has 0 radical (unpaired) electrons. The first-order valence-electron chi connectivity index (χ1n) is 18.8. The summed E-state index contributed by atoms with van der Waals surface area (Å²) in [7, 11) is 0. The van der Waals surface area contributed by atoms with Gasteiger partial charge in [0.05, 0.1) is 39.6 Å². The van der Waals surface area contributed by atoms with Gasteiger partial charge in [0.2, 0.25) is 0 Å². The van der Waals surface area contributed by atoms with E-state index < -0.39 is 0 Å². The van der Waals surface area contributed by atoms with E-state index in [1.165, 1.54) is 4.90 Å². The number of nitrogens with zero attached hydrogens (tertiary/aromatic N) is 3. The molecule has 0 fully saturated rings. The van der Waals surface area contributed by atoms with Crippen molar-refractivity contribution in [2.24, 2.45) is 0 Å². The Kier molecular flexibility index (Phi) is 7.34. The number of imide groups is 1. The number of para-hydroxylation sites is 9. The smallest absolute Gasteiger partial charge is 0.266 e. The third kappa shape index (κ3) is 5.13. The molecule has 270 valence electrons. The first-order chi connectivity index (χ1) is 28.1. The first-order valence-corrected chi connectivity index (χ1v) is 18.8. The van der Waals surface area contributed by atoms with Crippen molar-refractivity contribution in [3.05, 3.63) is 199 Å². The van der Waals surface area contributed by atoms with Crippen molar-refractivity contribution in [3.63, 3.8) is 0 Å². The summed E-state index contributed by atoms with van der Waals surface area (Å²) in [5, 5.41) is 0. The summed E-state index contributed by atoms with van der Waals surface area (Å²) in [5.74, 6) is 2.38. The Labute approximate surface area is 328 Å². The molecule has 2 amide bonds. The Hall–Kier alpha value is -7.90. The van der Waals surface area contributed by atoms with Crippen molar-refractivity contribution in [1.82, 2.24) is 0 Å². The van der Waals surface area contributed by atoms with Crippen LogP contribution in [0.4, 0.5) is 39.8 Å². The molecule has 0 spiro atoms. The third-order valence-corrected chi connectivity index (χ3v) is 10.8. The fourth-order valence-corrected chi connectivity index (χ4v) is 8.20. The molecule has 57 heavy (non-hydrogen) atoms. The van der Waals surface area contributed by atoms with Gasteiger partial charge in [0.15, 0.2) is 23.0 Å². The highest BCUT2D eigenvalue weighted by Gasteiger charge is 2.41. The van der Waals surface area contributed by atoms with Gasteiger partial charge < -0.3 is 19.3 Å². The van der Waals surface area contributed by atoms with Gasteiger partial charge in [0.25, 0.3) is 11.8 Å². The van der Waals surface area contributed by atoms with Crippen molar-refractivity contribution in [3.8, 4) is 45.3 Å². The summed E-state index contributed by atoms with van der Waals surface area (Å²) in [6.45, 7) is 0. The van der Waals surface area contributed by atoms with Crippen LogP contribution in [0.25, 0.3) is 22.3 Å². The molecule has 0 aromatic heterocycles. The van der Waals surface area contributed by atoms with Gasteiger partial charge in [-0.15, -0.1) is 0 Å². The number of anilines is 7. The maximum Gasteiger partial charge on any atom is 0.266 e. The summed E-state index contributed by atoms with van der Waals surface area (Å²) in [4.78, 5) is 34.7. The van der Waals surface area contributed by atoms with Crippen LogP contribution in [0, 0.1) is 0 Å². The molecule has 0 atom stereocenters. The molecule has 3 aliphatic rings. The summed E-state index contributed by atoms with van der Waals surface area (Å²) in [6.07, 6.45) is 0. The van der Waals surface area contributed by atoms with Crippen molar-refractivity contribution in [1.29, 1.82) is 0 Å². The lowest BCUT2D eigenvalue weighted by atomic mass is 9.90. The van der Waals surface area contributed by atoms with E-state index in [2.05, 4.69) is 9.80 Å². The van der Waals surface area contributed by atoms with Crippen LogP contribution < -0.4 is 24.2 Å². The van der Waals surface area contributed by atoms with E-state index in [0.717, 1.165) is 68.2 Å². The molecule has 8 aromatic carbocycles. The zero-order valence-corrected chi connectivity index (χ0v) is 30.4. The van der Waals surface area contributed by atoms with Crippen molar-refractivity contribution in [2.45, 2.75) is 0 Å². The quantitative estimate of drug-likeness (QED) is 0.164. The van der Waals surface area contributed by atoms with Crippen molar-refractivity contribution < 1.29 is 19.1 Å². The lowest BCUT2D eigenvalue weighted by Gasteiger charge is -2.32. The van der Waals surface area contributed by atoms with Crippen LogP contribution in [0.2, 0.25) is 0 Å².